The third kappa shape index (κ3) is 1.92. The van der Waals surface area contributed by atoms with Crippen LogP contribution in [0.1, 0.15) is 38.9 Å². The van der Waals surface area contributed by atoms with E-state index in [1.165, 1.54) is 19.3 Å². The lowest BCUT2D eigenvalue weighted by Crippen LogP contribution is -2.25. The summed E-state index contributed by atoms with van der Waals surface area (Å²) in [5, 5.41) is 8.09. The first-order chi connectivity index (χ1) is 9.24. The van der Waals surface area contributed by atoms with Gasteiger partial charge in [0.05, 0.1) is 6.54 Å². The molecule has 4 nitrogen and oxygen atoms in total. The van der Waals surface area contributed by atoms with Gasteiger partial charge in [-0.05, 0) is 48.9 Å². The first-order valence-corrected chi connectivity index (χ1v) is 7.84. The highest BCUT2D eigenvalue weighted by Gasteiger charge is 2.64. The molecule has 1 N–H and O–H groups in total. The summed E-state index contributed by atoms with van der Waals surface area (Å²) in [6, 6.07) is 0.787. The smallest absolute Gasteiger partial charge is 0.140 e. The highest BCUT2D eigenvalue weighted by atomic mass is 15.3. The van der Waals surface area contributed by atoms with Gasteiger partial charge in [0.1, 0.15) is 12.2 Å². The van der Waals surface area contributed by atoms with Gasteiger partial charge in [-0.2, -0.15) is 5.10 Å². The fourth-order valence-electron chi connectivity index (χ4n) is 4.73. The van der Waals surface area contributed by atoms with E-state index in [4.69, 9.17) is 0 Å². The minimum Gasteiger partial charge on any atom is -0.306 e. The van der Waals surface area contributed by atoms with Crippen LogP contribution in [-0.2, 0) is 13.1 Å². The zero-order chi connectivity index (χ0) is 13.0. The van der Waals surface area contributed by atoms with Crippen molar-refractivity contribution in [2.75, 3.05) is 0 Å². The van der Waals surface area contributed by atoms with Gasteiger partial charge in [0.15, 0.2) is 0 Å². The van der Waals surface area contributed by atoms with Crippen molar-refractivity contribution in [2.24, 2.45) is 29.6 Å². The molecule has 0 saturated heterocycles. The summed E-state index contributed by atoms with van der Waals surface area (Å²) in [6.45, 7) is 6.31. The third-order valence-corrected chi connectivity index (χ3v) is 5.47. The van der Waals surface area contributed by atoms with Gasteiger partial charge in [0.25, 0.3) is 0 Å². The predicted octanol–water partition coefficient (Wildman–Crippen LogP) is 2.07. The van der Waals surface area contributed by atoms with Crippen molar-refractivity contribution in [3.63, 3.8) is 0 Å². The number of nitrogens with one attached hydrogen (secondary N) is 1. The van der Waals surface area contributed by atoms with Crippen LogP contribution in [0.15, 0.2) is 6.33 Å². The fourth-order valence-corrected chi connectivity index (χ4v) is 4.73. The lowest BCUT2D eigenvalue weighted by atomic mass is 10.0. The van der Waals surface area contributed by atoms with Gasteiger partial charge in [-0.15, -0.1) is 0 Å². The van der Waals surface area contributed by atoms with Crippen molar-refractivity contribution in [1.29, 1.82) is 0 Å². The molecule has 3 fully saturated rings. The van der Waals surface area contributed by atoms with E-state index in [0.29, 0.717) is 5.92 Å². The minimum atomic E-state index is 0.622. The maximum atomic E-state index is 4.41. The highest BCUT2D eigenvalue weighted by molar-refractivity contribution is 5.16. The molecule has 3 saturated carbocycles. The van der Waals surface area contributed by atoms with Crippen molar-refractivity contribution in [2.45, 2.75) is 52.2 Å². The molecule has 0 amide bonds. The topological polar surface area (TPSA) is 42.7 Å². The van der Waals surface area contributed by atoms with E-state index in [9.17, 15) is 0 Å². The van der Waals surface area contributed by atoms with Crippen LogP contribution in [0.4, 0.5) is 0 Å². The van der Waals surface area contributed by atoms with E-state index < -0.39 is 0 Å². The summed E-state index contributed by atoms with van der Waals surface area (Å²) in [4.78, 5) is 4.41. The summed E-state index contributed by atoms with van der Waals surface area (Å²) < 4.78 is 2.06. The van der Waals surface area contributed by atoms with Gasteiger partial charge in [-0.25, -0.2) is 9.67 Å². The van der Waals surface area contributed by atoms with E-state index in [1.54, 1.807) is 6.33 Å². The standard InChI is InChI=1S/C15H24N4/c1-9(2)7-19-12(17-8-18-19)6-16-15-13-10-3-4-11(5-10)14(13)15/h8-11,13-16H,3-7H2,1-2H3. The quantitative estimate of drug-likeness (QED) is 0.881. The van der Waals surface area contributed by atoms with E-state index in [1.807, 2.05) is 0 Å². The Morgan fingerprint density at radius 2 is 2.05 bits per heavy atom. The molecule has 2 bridgehead atoms. The SMILES string of the molecule is CC(C)Cn1ncnc1CNC1C2C3CCC(C3)C12. The molecule has 4 atom stereocenters. The third-order valence-electron chi connectivity index (χ3n) is 5.47. The number of fused-ring (bicyclic) bond motifs is 5. The van der Waals surface area contributed by atoms with Crippen LogP contribution in [0, 0.1) is 29.6 Å². The van der Waals surface area contributed by atoms with E-state index in [2.05, 4.69) is 33.9 Å². The van der Waals surface area contributed by atoms with Crippen LogP contribution < -0.4 is 5.32 Å². The van der Waals surface area contributed by atoms with Crippen molar-refractivity contribution in [3.8, 4) is 0 Å². The summed E-state index contributed by atoms with van der Waals surface area (Å²) >= 11 is 0. The van der Waals surface area contributed by atoms with Crippen LogP contribution in [0.3, 0.4) is 0 Å². The molecule has 3 aliphatic carbocycles. The second kappa shape index (κ2) is 4.30. The Balaban J connectivity index is 1.35. The Morgan fingerprint density at radius 3 is 2.74 bits per heavy atom. The lowest BCUT2D eigenvalue weighted by molar-refractivity contribution is 0.432. The Bertz CT molecular complexity index is 450. The summed E-state index contributed by atoms with van der Waals surface area (Å²) in [5.41, 5.74) is 0. The van der Waals surface area contributed by atoms with Crippen molar-refractivity contribution in [1.82, 2.24) is 20.1 Å². The van der Waals surface area contributed by atoms with Gasteiger partial charge >= 0.3 is 0 Å². The fraction of sp³-hybridized carbons (Fsp3) is 0.867. The van der Waals surface area contributed by atoms with Crippen molar-refractivity contribution < 1.29 is 0 Å². The van der Waals surface area contributed by atoms with Gasteiger partial charge in [-0.3, -0.25) is 0 Å². The molecular formula is C15H24N4. The summed E-state index contributed by atoms with van der Waals surface area (Å²) in [6.07, 6.45) is 6.20. The van der Waals surface area contributed by atoms with Crippen molar-refractivity contribution in [3.05, 3.63) is 12.2 Å². The molecule has 3 aliphatic rings. The minimum absolute atomic E-state index is 0.622. The van der Waals surface area contributed by atoms with E-state index in [0.717, 1.165) is 48.6 Å². The molecule has 0 aromatic carbocycles. The summed E-state index contributed by atoms with van der Waals surface area (Å²) in [7, 11) is 0. The van der Waals surface area contributed by atoms with Crippen molar-refractivity contribution >= 4 is 0 Å². The number of rotatable bonds is 5. The maximum Gasteiger partial charge on any atom is 0.140 e. The molecule has 104 valence electrons. The molecule has 0 radical (unpaired) electrons. The first kappa shape index (κ1) is 11.9. The van der Waals surface area contributed by atoms with Gasteiger partial charge in [-0.1, -0.05) is 13.8 Å². The monoisotopic (exact) mass is 260 g/mol. The van der Waals surface area contributed by atoms with Crippen LogP contribution in [-0.4, -0.2) is 20.8 Å². The number of hydrogen-bond acceptors (Lipinski definition) is 3. The molecule has 4 unspecified atom stereocenters. The van der Waals surface area contributed by atoms with Crippen LogP contribution in [0.25, 0.3) is 0 Å². The second-order valence-electron chi connectivity index (χ2n) is 7.15. The average molecular weight is 260 g/mol. The Labute approximate surface area is 115 Å². The molecule has 0 spiro atoms. The second-order valence-corrected chi connectivity index (χ2v) is 7.15. The highest BCUT2D eigenvalue weighted by Crippen LogP contribution is 2.65. The molecule has 1 aromatic heterocycles. The van der Waals surface area contributed by atoms with Gasteiger partial charge < -0.3 is 5.32 Å². The van der Waals surface area contributed by atoms with Crippen LogP contribution in [0.2, 0.25) is 0 Å². The van der Waals surface area contributed by atoms with Gasteiger partial charge in [0, 0.05) is 12.6 Å². The first-order valence-electron chi connectivity index (χ1n) is 7.84. The lowest BCUT2D eigenvalue weighted by Gasteiger charge is -2.12. The molecule has 1 aromatic rings. The van der Waals surface area contributed by atoms with Gasteiger partial charge in [0.2, 0.25) is 0 Å². The Morgan fingerprint density at radius 1 is 1.32 bits per heavy atom. The number of hydrogen-bond donors (Lipinski definition) is 1. The maximum absolute atomic E-state index is 4.41. The Kier molecular flexibility index (Phi) is 2.69. The molecular weight excluding hydrogens is 236 g/mol. The summed E-state index contributed by atoms with van der Waals surface area (Å²) in [5.74, 6) is 5.81. The predicted molar refractivity (Wildman–Crippen MR) is 73.3 cm³/mol. The van der Waals surface area contributed by atoms with E-state index in [-0.39, 0.29) is 0 Å². The van der Waals surface area contributed by atoms with Crippen LogP contribution in [0.5, 0.6) is 0 Å². The number of nitrogens with zero attached hydrogens (tertiary/aromatic N) is 3. The molecule has 4 heteroatoms. The zero-order valence-corrected chi connectivity index (χ0v) is 11.9. The van der Waals surface area contributed by atoms with Crippen LogP contribution >= 0.6 is 0 Å². The average Bonchev–Trinajstić information content (AvgIpc) is 2.75. The molecule has 0 aliphatic heterocycles. The molecule has 4 rings (SSSR count). The number of aromatic nitrogens is 3. The molecule has 1 heterocycles. The largest absolute Gasteiger partial charge is 0.306 e. The normalized spacial score (nSPS) is 39.0. The Hall–Kier alpha value is -0.900. The zero-order valence-electron chi connectivity index (χ0n) is 11.9. The molecule has 19 heavy (non-hydrogen) atoms. The van der Waals surface area contributed by atoms with E-state index >= 15 is 0 Å².